The highest BCUT2D eigenvalue weighted by Gasteiger charge is 2.78. The van der Waals surface area contributed by atoms with Crippen LogP contribution in [0, 0.1) is 35.5 Å². The fourth-order valence-electron chi connectivity index (χ4n) is 20.3. The van der Waals surface area contributed by atoms with Crippen LogP contribution in [0.1, 0.15) is 175 Å². The highest BCUT2D eigenvalue weighted by Crippen LogP contribution is 2.68. The zero-order chi connectivity index (χ0) is 92.3. The van der Waals surface area contributed by atoms with E-state index in [0.29, 0.717) is 110 Å². The summed E-state index contributed by atoms with van der Waals surface area (Å²) >= 11 is 0. The van der Waals surface area contributed by atoms with Gasteiger partial charge in [-0.05, 0) is 138 Å². The first-order valence-corrected chi connectivity index (χ1v) is 46.1. The Morgan fingerprint density at radius 2 is 1.51 bits per heavy atom. The number of H-pyrrole nitrogens is 2. The Kier molecular flexibility index (Phi) is 31.0. The number of carbonyl (C=O) groups is 11. The number of carboxylic acid groups (broad SMARTS) is 2. The molecule has 6 aliphatic rings. The molecule has 1 unspecified atom stereocenters. The summed E-state index contributed by atoms with van der Waals surface area (Å²) in [5, 5.41) is 80.6. The van der Waals surface area contributed by atoms with Crippen LogP contribution < -0.4 is 47.5 Å². The molecule has 12 rings (SSSR count). The average Bonchev–Trinajstić information content (AvgIpc) is 1.49. The molecule has 6 aromatic rings. The minimum atomic E-state index is -2.41. The maximum Gasteiger partial charge on any atom is 0.508 e. The Morgan fingerprint density at radius 3 is 2.22 bits per heavy atom. The normalized spacial score (nSPS) is 24.3. The van der Waals surface area contributed by atoms with E-state index in [1.54, 1.807) is 26.2 Å². The molecule has 690 valence electrons. The predicted molar refractivity (Wildman–Crippen MR) is 477 cm³/mol. The van der Waals surface area contributed by atoms with Gasteiger partial charge < -0.3 is 91.7 Å². The number of nitrogens with zero attached hydrogens (tertiary/aromatic N) is 6. The number of hydrogen-bond donors (Lipinski definition) is 14. The van der Waals surface area contributed by atoms with Gasteiger partial charge in [-0.2, -0.15) is 0 Å². The molecule has 3 aromatic carbocycles. The Labute approximate surface area is 748 Å². The molecule has 38 heteroatoms. The number of carboxylic acids is 2. The van der Waals surface area contributed by atoms with E-state index in [0.717, 1.165) is 22.0 Å². The van der Waals surface area contributed by atoms with E-state index in [-0.39, 0.29) is 125 Å². The summed E-state index contributed by atoms with van der Waals surface area (Å²) in [5.74, 6) is -9.19. The second-order valence-corrected chi connectivity index (χ2v) is 37.5. The lowest BCUT2D eigenvalue weighted by Crippen LogP contribution is -2.80. The number of aliphatic hydroxyl groups is 3. The van der Waals surface area contributed by atoms with Gasteiger partial charge in [-0.1, -0.05) is 79.6 Å². The van der Waals surface area contributed by atoms with Crippen molar-refractivity contribution in [1.29, 1.82) is 5.41 Å². The van der Waals surface area contributed by atoms with Crippen molar-refractivity contribution < 1.29 is 97.2 Å². The number of fused-ring (bicyclic) bond motifs is 7. The second kappa shape index (κ2) is 41.2. The van der Waals surface area contributed by atoms with E-state index < -0.39 is 159 Å². The number of ether oxygens (including phenoxy) is 4. The van der Waals surface area contributed by atoms with E-state index in [1.165, 1.54) is 60.9 Å². The standard InChI is InChI=1S/C90H117N15O21S2/c1-9-86(121)44-53-45-89(83(119)124-8,73-59(28-33-104(48-53)49-86)58-17-11-12-18-62(58)99-73)61-41-60-66(43-69(61)123-7)103(6)81-88(60)30-34-105-32-16-29-87(10-2,80(88)105)82(118)90(81,122)70(109)21-14-35-125-85(120)126-36-38-128-127-37-15-20-67(107)65(42-71(110)111)102-76(113)51(4)40-68(108)63(19-13-31-93-84(91)92)100-75(112)50(3)39-57(106)26-27-64(79(116)117)101-77(114)54-22-24-55(25-23-54)94-46-56-47-95-74-72(98-56)78(115)97-52(5)96-74/h11-12,16-18,22-25,29,41,43,47,50-51,53,63-65,80-82,94,99,118,121-122H,9-10,13-15,19-21,26-28,30-40,42,44-46,48-49H2,1-8H3,(H,100,112)(H,101,114)(H,102,113)(H,110,111)(H,116,117)(H4,91,92,93)(H,95,96,97,115)/t50-,51-,53-,63+,64+,65+,80+,81-,82-,86+,87-,88-,89+,90+/m1/s1. The van der Waals surface area contributed by atoms with Gasteiger partial charge in [0.2, 0.25) is 11.8 Å². The lowest BCUT2D eigenvalue weighted by molar-refractivity contribution is -0.202. The third-order valence-corrected chi connectivity index (χ3v) is 28.9. The number of aromatic amines is 2. The molecule has 3 fully saturated rings. The molecule has 3 aromatic heterocycles. The molecule has 15 atom stereocenters. The summed E-state index contributed by atoms with van der Waals surface area (Å²) in [5.41, 5.74) is 3.79. The molecule has 2 saturated heterocycles. The number of piperidine rings is 1. The van der Waals surface area contributed by atoms with Crippen LogP contribution in [0.3, 0.4) is 0 Å². The molecule has 1 spiro atoms. The number of hydrogen-bond acceptors (Lipinski definition) is 29. The Hall–Kier alpha value is -10.9. The number of anilines is 2. The Morgan fingerprint density at radius 1 is 0.781 bits per heavy atom. The number of likely N-dealkylation sites (N-methyl/N-ethyl adjacent to an activating group) is 1. The lowest BCUT2D eigenvalue weighted by Gasteiger charge is -2.63. The van der Waals surface area contributed by atoms with Crippen LogP contribution in [0.5, 0.6) is 5.75 Å². The van der Waals surface area contributed by atoms with Crippen molar-refractivity contribution >= 4 is 126 Å². The van der Waals surface area contributed by atoms with Gasteiger partial charge >= 0.3 is 24.1 Å². The van der Waals surface area contributed by atoms with Gasteiger partial charge in [0.15, 0.2) is 40.1 Å². The molecule has 36 nitrogen and oxygen atoms in total. The van der Waals surface area contributed by atoms with Crippen LogP contribution in [0.25, 0.3) is 22.1 Å². The Bertz CT molecular complexity index is 5290. The predicted octanol–water partition coefficient (Wildman–Crippen LogP) is 5.99. The fraction of sp³-hybridized carbons (Fsp3) is 0.556. The monoisotopic (exact) mass is 1810 g/mol. The van der Waals surface area contributed by atoms with Crippen molar-refractivity contribution in [2.75, 3.05) is 95.5 Å². The second-order valence-electron chi connectivity index (χ2n) is 34.7. The number of esters is 1. The van der Waals surface area contributed by atoms with Crippen LogP contribution >= 0.6 is 21.6 Å². The third kappa shape index (κ3) is 20.4. The summed E-state index contributed by atoms with van der Waals surface area (Å²) in [4.78, 5) is 188. The minimum absolute atomic E-state index is 0.00736. The number of rotatable bonds is 43. The highest BCUT2D eigenvalue weighted by atomic mass is 33.1. The molecule has 15 N–H and O–H groups in total. The van der Waals surface area contributed by atoms with Crippen LogP contribution in [0.15, 0.2) is 83.8 Å². The van der Waals surface area contributed by atoms with Crippen molar-refractivity contribution in [3.8, 4) is 5.75 Å². The number of ketones is 4. The number of aliphatic carboxylic acids is 2. The first-order chi connectivity index (χ1) is 61.1. The van der Waals surface area contributed by atoms with Gasteiger partial charge in [0.1, 0.15) is 41.5 Å². The summed E-state index contributed by atoms with van der Waals surface area (Å²) < 4.78 is 23.3. The number of benzene rings is 3. The first-order valence-electron chi connectivity index (χ1n) is 43.6. The molecular weight excluding hydrogens is 1690 g/mol. The molecule has 128 heavy (non-hydrogen) atoms. The van der Waals surface area contributed by atoms with Crippen LogP contribution in [-0.4, -0.2) is 264 Å². The van der Waals surface area contributed by atoms with Gasteiger partial charge in [0.05, 0.1) is 69.4 Å². The fourth-order valence-corrected chi connectivity index (χ4v) is 22.2. The van der Waals surface area contributed by atoms with E-state index in [1.807, 2.05) is 62.2 Å². The molecular formula is C90H117N15O21S2. The minimum Gasteiger partial charge on any atom is -0.496 e. The van der Waals surface area contributed by atoms with Crippen molar-refractivity contribution in [3.63, 3.8) is 0 Å². The van der Waals surface area contributed by atoms with Crippen molar-refractivity contribution in [2.24, 2.45) is 28.9 Å². The smallest absolute Gasteiger partial charge is 0.496 e. The van der Waals surface area contributed by atoms with E-state index in [9.17, 15) is 73.5 Å². The van der Waals surface area contributed by atoms with Gasteiger partial charge in [-0.25, -0.2) is 24.5 Å². The van der Waals surface area contributed by atoms with Crippen molar-refractivity contribution in [3.05, 3.63) is 129 Å². The van der Waals surface area contributed by atoms with Crippen molar-refractivity contribution in [2.45, 2.75) is 209 Å². The number of nitrogens with one attached hydrogen (secondary N) is 8. The molecule has 2 bridgehead atoms. The quantitative estimate of drug-likeness (QED) is 0.00522. The number of nitrogens with two attached hydrogens (primary N) is 1. The Balaban J connectivity index is 0.594. The number of methoxy groups -OCH3 is 2. The van der Waals surface area contributed by atoms with E-state index in [2.05, 4.69) is 73.4 Å². The summed E-state index contributed by atoms with van der Waals surface area (Å²) in [7, 11) is 7.44. The lowest BCUT2D eigenvalue weighted by atomic mass is 9.47. The number of aromatic nitrogens is 5. The number of amides is 3. The van der Waals surface area contributed by atoms with Crippen LogP contribution in [0.4, 0.5) is 16.2 Å². The largest absolute Gasteiger partial charge is 0.508 e. The zero-order valence-electron chi connectivity index (χ0n) is 73.3. The summed E-state index contributed by atoms with van der Waals surface area (Å²) in [6.45, 7) is 11.2. The molecule has 1 saturated carbocycles. The van der Waals surface area contributed by atoms with Gasteiger partial charge in [-0.3, -0.25) is 63.2 Å². The first kappa shape index (κ1) is 96.2. The number of para-hydroxylation sites is 1. The van der Waals surface area contributed by atoms with Crippen molar-refractivity contribution in [1.82, 2.24) is 56.0 Å². The molecule has 5 aliphatic heterocycles. The van der Waals surface area contributed by atoms with Crippen LogP contribution in [0.2, 0.25) is 0 Å². The SMILES string of the molecule is CC[C@]1(O)C[C@H]2CN(CCc3c([nH]c4ccccc34)[C@@](C(=O)OC)(c3cc4c(cc3OC)N(C)[C@H]3[C@@](O)(C(=O)CCCOC(=O)OCCSSCCCC(=O)[C@H](CC(=O)O)NC(=O)[C@H](C)CC(=O)[C@H](CCCNC(=N)N)NC(=O)[C@H](C)CC(=O)CC[C@H](NC(=O)c5ccc(NCc6cnc7nc(C)[nH]c(=O)c7n6)cc5)C(=O)O)[C@H](O)[C@]5(CC)C=CCN6CC[C@]43[C@@H]65)C2)C1. The third-order valence-electron chi connectivity index (χ3n) is 26.4. The topological polar surface area (TPSA) is 533 Å². The van der Waals surface area contributed by atoms with E-state index in [4.69, 9.17) is 30.1 Å². The van der Waals surface area contributed by atoms with E-state index >= 15 is 9.59 Å². The maximum absolute atomic E-state index is 15.6. The number of aliphatic hydroxyl groups excluding tert-OH is 1. The summed E-state index contributed by atoms with van der Waals surface area (Å²) in [6.07, 6.45) is 3.16. The average molecular weight is 1810 g/mol. The molecule has 3 amide bonds. The highest BCUT2D eigenvalue weighted by molar-refractivity contribution is 8.76. The number of guanidine groups is 1. The number of carbonyl (C=O) groups excluding carboxylic acids is 9. The summed E-state index contributed by atoms with van der Waals surface area (Å²) in [6, 6.07) is 12.4. The molecule has 1 aliphatic carbocycles. The van der Waals surface area contributed by atoms with Crippen LogP contribution in [-0.2, 0) is 81.2 Å². The van der Waals surface area contributed by atoms with Gasteiger partial charge in [-0.15, -0.1) is 0 Å². The zero-order valence-corrected chi connectivity index (χ0v) is 75.0. The number of aryl methyl sites for hydroxylation is 1. The maximum atomic E-state index is 15.6. The number of Topliss-reactive ketones (excluding diaryl/α,β-unsaturated/α-hetero) is 4. The van der Waals surface area contributed by atoms with Gasteiger partial charge in [0, 0.05) is 157 Å². The van der Waals surface area contributed by atoms with Gasteiger partial charge in [0.25, 0.3) is 11.5 Å². The molecule has 0 radical (unpaired) electrons. The molecule has 8 heterocycles.